The molecule has 0 saturated heterocycles. The summed E-state index contributed by atoms with van der Waals surface area (Å²) in [6.45, 7) is 0.521. The average molecular weight is 356 g/mol. The van der Waals surface area contributed by atoms with E-state index in [1.165, 1.54) is 12.8 Å². The second-order valence-electron chi connectivity index (χ2n) is 6.21. The van der Waals surface area contributed by atoms with E-state index in [1.807, 2.05) is 18.2 Å². The van der Waals surface area contributed by atoms with Crippen LogP contribution in [-0.4, -0.2) is 36.4 Å². The van der Waals surface area contributed by atoms with E-state index in [2.05, 4.69) is 20.8 Å². The van der Waals surface area contributed by atoms with Crippen LogP contribution >= 0.6 is 0 Å². The molecule has 0 radical (unpaired) electrons. The number of hydrogen-bond acceptors (Lipinski definition) is 6. The Labute approximate surface area is 153 Å². The van der Waals surface area contributed by atoms with Crippen molar-refractivity contribution in [2.24, 2.45) is 0 Å². The molecule has 3 rings (SSSR count). The number of carbonyl (C=O) groups is 1. The number of hydrogen-bond donors (Lipinski definition) is 2. The predicted molar refractivity (Wildman–Crippen MR) is 98.6 cm³/mol. The van der Waals surface area contributed by atoms with Gasteiger partial charge in [-0.2, -0.15) is 0 Å². The molecule has 1 aliphatic rings. The zero-order valence-electron chi connectivity index (χ0n) is 15.1. The topological polar surface area (TPSA) is 85.4 Å². The monoisotopic (exact) mass is 356 g/mol. The van der Waals surface area contributed by atoms with Crippen molar-refractivity contribution in [3.05, 3.63) is 41.6 Å². The lowest BCUT2D eigenvalue weighted by Crippen LogP contribution is -2.19. The van der Waals surface area contributed by atoms with Gasteiger partial charge in [-0.25, -0.2) is 0 Å². The fraction of sp³-hybridized carbons (Fsp3) is 0.421. The van der Waals surface area contributed by atoms with E-state index in [4.69, 9.17) is 9.47 Å². The maximum Gasteiger partial charge on any atom is 0.271 e. The molecule has 0 spiro atoms. The van der Waals surface area contributed by atoms with Gasteiger partial charge in [0.15, 0.2) is 17.2 Å². The van der Waals surface area contributed by atoms with Crippen LogP contribution in [0.4, 0.5) is 5.82 Å². The lowest BCUT2D eigenvalue weighted by atomic mass is 10.1. The van der Waals surface area contributed by atoms with Gasteiger partial charge in [0.2, 0.25) is 0 Å². The molecular weight excluding hydrogens is 332 g/mol. The molecule has 0 atom stereocenters. The van der Waals surface area contributed by atoms with Gasteiger partial charge in [-0.3, -0.25) is 4.79 Å². The molecule has 2 aromatic rings. The summed E-state index contributed by atoms with van der Waals surface area (Å²) in [5.74, 6) is 1.85. The highest BCUT2D eigenvalue weighted by Crippen LogP contribution is 2.35. The molecule has 2 N–H and O–H groups in total. The number of nitrogens with one attached hydrogen (secondary N) is 2. The molecule has 1 aromatic carbocycles. The quantitative estimate of drug-likeness (QED) is 0.793. The molecule has 138 valence electrons. The maximum atomic E-state index is 11.5. The summed E-state index contributed by atoms with van der Waals surface area (Å²) in [5.41, 5.74) is 1.28. The molecule has 1 aliphatic carbocycles. The van der Waals surface area contributed by atoms with E-state index < -0.39 is 0 Å². The summed E-state index contributed by atoms with van der Waals surface area (Å²) < 4.78 is 11.7. The average Bonchev–Trinajstić information content (AvgIpc) is 3.20. The summed E-state index contributed by atoms with van der Waals surface area (Å²) in [6, 6.07) is 9.22. The van der Waals surface area contributed by atoms with Crippen LogP contribution in [0.25, 0.3) is 0 Å². The Morgan fingerprint density at radius 3 is 2.65 bits per heavy atom. The number of amides is 1. The number of aromatic nitrogens is 2. The van der Waals surface area contributed by atoms with Crippen molar-refractivity contribution >= 4 is 11.7 Å². The van der Waals surface area contributed by atoms with Gasteiger partial charge in [0.05, 0.1) is 13.2 Å². The number of ether oxygens (including phenoxy) is 2. The predicted octanol–water partition coefficient (Wildman–Crippen LogP) is 2.78. The van der Waals surface area contributed by atoms with Crippen LogP contribution in [0.5, 0.6) is 11.5 Å². The third-order valence-electron chi connectivity index (χ3n) is 4.45. The van der Waals surface area contributed by atoms with Crippen molar-refractivity contribution in [1.29, 1.82) is 0 Å². The first-order chi connectivity index (χ1) is 12.7. The minimum Gasteiger partial charge on any atom is -0.493 e. The third kappa shape index (κ3) is 4.22. The molecule has 7 nitrogen and oxygen atoms in total. The van der Waals surface area contributed by atoms with Crippen molar-refractivity contribution in [1.82, 2.24) is 15.5 Å². The molecule has 0 aliphatic heterocycles. The van der Waals surface area contributed by atoms with Gasteiger partial charge in [-0.15, -0.1) is 10.2 Å². The van der Waals surface area contributed by atoms with E-state index in [9.17, 15) is 4.79 Å². The number of nitrogens with zero attached hydrogens (tertiary/aromatic N) is 2. The molecule has 26 heavy (non-hydrogen) atoms. The zero-order chi connectivity index (χ0) is 18.4. The lowest BCUT2D eigenvalue weighted by Gasteiger charge is -2.19. The molecule has 1 fully saturated rings. The van der Waals surface area contributed by atoms with Crippen LogP contribution in [0.1, 0.15) is 41.7 Å². The lowest BCUT2D eigenvalue weighted by molar-refractivity contribution is 0.0957. The molecule has 0 unspecified atom stereocenters. The molecule has 7 heteroatoms. The second kappa shape index (κ2) is 8.51. The summed E-state index contributed by atoms with van der Waals surface area (Å²) in [4.78, 5) is 11.5. The van der Waals surface area contributed by atoms with E-state index in [0.29, 0.717) is 12.4 Å². The van der Waals surface area contributed by atoms with Crippen molar-refractivity contribution in [2.75, 3.05) is 19.5 Å². The Morgan fingerprint density at radius 1 is 1.19 bits per heavy atom. The number of benzene rings is 1. The number of carbonyl (C=O) groups excluding carboxylic acids is 1. The van der Waals surface area contributed by atoms with Crippen molar-refractivity contribution in [3.8, 4) is 11.5 Å². The standard InChI is InChI=1S/C19H24N4O3/c1-20-19(24)15-10-11-17(23-22-15)21-12-13-6-5-9-16(25-2)18(13)26-14-7-3-4-8-14/h5-6,9-11,14H,3-4,7-8,12H2,1-2H3,(H,20,24)(H,21,23). The Hall–Kier alpha value is -2.83. The summed E-state index contributed by atoms with van der Waals surface area (Å²) in [7, 11) is 3.21. The minimum absolute atomic E-state index is 0.247. The molecule has 1 amide bonds. The molecule has 1 saturated carbocycles. The summed E-state index contributed by atoms with van der Waals surface area (Å²) >= 11 is 0. The Balaban J connectivity index is 1.71. The zero-order valence-corrected chi connectivity index (χ0v) is 15.1. The van der Waals surface area contributed by atoms with Crippen LogP contribution in [0.3, 0.4) is 0 Å². The van der Waals surface area contributed by atoms with Crippen LogP contribution < -0.4 is 20.1 Å². The van der Waals surface area contributed by atoms with Gasteiger partial charge in [0.1, 0.15) is 5.82 Å². The van der Waals surface area contributed by atoms with Crippen molar-refractivity contribution in [2.45, 2.75) is 38.3 Å². The van der Waals surface area contributed by atoms with Crippen LogP contribution in [-0.2, 0) is 6.54 Å². The van der Waals surface area contributed by atoms with Crippen LogP contribution in [0.15, 0.2) is 30.3 Å². The van der Waals surface area contributed by atoms with Crippen LogP contribution in [0, 0.1) is 0 Å². The highest BCUT2D eigenvalue weighted by atomic mass is 16.5. The number of rotatable bonds is 7. The largest absolute Gasteiger partial charge is 0.493 e. The first-order valence-electron chi connectivity index (χ1n) is 8.83. The van der Waals surface area contributed by atoms with Gasteiger partial charge in [0.25, 0.3) is 5.91 Å². The molecular formula is C19H24N4O3. The van der Waals surface area contributed by atoms with E-state index in [0.717, 1.165) is 29.9 Å². The first-order valence-corrected chi connectivity index (χ1v) is 8.83. The maximum absolute atomic E-state index is 11.5. The van der Waals surface area contributed by atoms with Gasteiger partial charge in [-0.05, 0) is 43.9 Å². The van der Waals surface area contributed by atoms with Gasteiger partial charge < -0.3 is 20.1 Å². The molecule has 1 heterocycles. The molecule has 1 aromatic heterocycles. The van der Waals surface area contributed by atoms with Crippen LogP contribution in [0.2, 0.25) is 0 Å². The highest BCUT2D eigenvalue weighted by Gasteiger charge is 2.20. The van der Waals surface area contributed by atoms with Crippen molar-refractivity contribution < 1.29 is 14.3 Å². The minimum atomic E-state index is -0.260. The van der Waals surface area contributed by atoms with Gasteiger partial charge >= 0.3 is 0 Å². The van der Waals surface area contributed by atoms with E-state index in [1.54, 1.807) is 26.3 Å². The number of methoxy groups -OCH3 is 1. The number of para-hydroxylation sites is 1. The highest BCUT2D eigenvalue weighted by molar-refractivity contribution is 5.91. The normalized spacial score (nSPS) is 14.1. The number of anilines is 1. The second-order valence-corrected chi connectivity index (χ2v) is 6.21. The molecule has 0 bridgehead atoms. The Morgan fingerprint density at radius 2 is 2.00 bits per heavy atom. The third-order valence-corrected chi connectivity index (χ3v) is 4.45. The van der Waals surface area contributed by atoms with E-state index >= 15 is 0 Å². The van der Waals surface area contributed by atoms with Gasteiger partial charge in [0, 0.05) is 19.2 Å². The smallest absolute Gasteiger partial charge is 0.271 e. The fourth-order valence-corrected chi connectivity index (χ4v) is 3.03. The summed E-state index contributed by atoms with van der Waals surface area (Å²) in [6.07, 6.45) is 4.83. The van der Waals surface area contributed by atoms with Gasteiger partial charge in [-0.1, -0.05) is 12.1 Å². The summed E-state index contributed by atoms with van der Waals surface area (Å²) in [5, 5.41) is 13.7. The Kier molecular flexibility index (Phi) is 5.88. The first kappa shape index (κ1) is 18.0. The van der Waals surface area contributed by atoms with E-state index in [-0.39, 0.29) is 17.7 Å². The van der Waals surface area contributed by atoms with Crippen molar-refractivity contribution in [3.63, 3.8) is 0 Å². The Bertz CT molecular complexity index is 743. The SMILES string of the molecule is CNC(=O)c1ccc(NCc2cccc(OC)c2OC2CCCC2)nn1. The fourth-order valence-electron chi connectivity index (χ4n) is 3.03.